The van der Waals surface area contributed by atoms with Gasteiger partial charge in [0.1, 0.15) is 0 Å². The lowest BCUT2D eigenvalue weighted by atomic mass is 9.92. The summed E-state index contributed by atoms with van der Waals surface area (Å²) < 4.78 is 1.23. The molecule has 0 spiro atoms. The maximum atomic E-state index is 3.92. The lowest BCUT2D eigenvalue weighted by Crippen LogP contribution is -1.89. The van der Waals surface area contributed by atoms with Gasteiger partial charge in [-0.05, 0) is 73.6 Å². The first-order valence-electron chi connectivity index (χ1n) is 11.9. The van der Waals surface area contributed by atoms with Crippen LogP contribution >= 0.6 is 22.6 Å². The summed E-state index contributed by atoms with van der Waals surface area (Å²) in [4.78, 5) is 3.92. The van der Waals surface area contributed by atoms with E-state index in [4.69, 9.17) is 0 Å². The largest absolute Gasteiger partial charge is 0.353 e. The van der Waals surface area contributed by atoms with Crippen molar-refractivity contribution < 1.29 is 0 Å². The summed E-state index contributed by atoms with van der Waals surface area (Å²) in [5.41, 5.74) is 6.23. The van der Waals surface area contributed by atoms with Gasteiger partial charge >= 0.3 is 0 Å². The third-order valence-corrected chi connectivity index (χ3v) is 8.21. The number of nitrogens with one attached hydrogen (secondary N) is 1. The van der Waals surface area contributed by atoms with Crippen LogP contribution in [0.5, 0.6) is 0 Å². The highest BCUT2D eigenvalue weighted by atomic mass is 127. The molecule has 35 heavy (non-hydrogen) atoms. The Morgan fingerprint density at radius 3 is 1.74 bits per heavy atom. The number of hydrogen-bond acceptors (Lipinski definition) is 0. The minimum atomic E-state index is 1.21. The molecule has 0 bridgehead atoms. The molecule has 0 aliphatic heterocycles. The standard InChI is InChI=1S/C33H22IN/c1-20-22-13-5-8-16-25(22)30-31-26-17-9-6-14-23(26)24-15-7-10-18-27(24)32(31)35-33(30)28(20)19-29(34)21-11-3-2-4-12-21/h2-19,35H,1H3/b29-19-. The van der Waals surface area contributed by atoms with Crippen molar-refractivity contribution in [1.82, 2.24) is 4.98 Å². The third kappa shape index (κ3) is 3.06. The fraction of sp³-hybridized carbons (Fsp3) is 0.0303. The first kappa shape index (κ1) is 20.7. The van der Waals surface area contributed by atoms with Crippen molar-refractivity contribution in [2.75, 3.05) is 0 Å². The molecule has 1 aromatic heterocycles. The van der Waals surface area contributed by atoms with Crippen LogP contribution in [-0.4, -0.2) is 4.98 Å². The zero-order valence-corrected chi connectivity index (χ0v) is 21.4. The molecule has 0 amide bonds. The molecular formula is C33H22IN. The third-order valence-electron chi connectivity index (χ3n) is 7.28. The van der Waals surface area contributed by atoms with E-state index in [-0.39, 0.29) is 0 Å². The number of rotatable bonds is 2. The van der Waals surface area contributed by atoms with Crippen LogP contribution in [0.4, 0.5) is 0 Å². The van der Waals surface area contributed by atoms with E-state index in [1.165, 1.54) is 74.4 Å². The van der Waals surface area contributed by atoms with Gasteiger partial charge in [-0.2, -0.15) is 0 Å². The predicted molar refractivity (Wildman–Crippen MR) is 161 cm³/mol. The average molecular weight is 559 g/mol. The van der Waals surface area contributed by atoms with Gasteiger partial charge in [0.2, 0.25) is 0 Å². The fourth-order valence-electron chi connectivity index (χ4n) is 5.66. The van der Waals surface area contributed by atoms with Gasteiger partial charge in [-0.3, -0.25) is 0 Å². The predicted octanol–water partition coefficient (Wildman–Crippen LogP) is 10.0. The highest BCUT2D eigenvalue weighted by Crippen LogP contribution is 2.44. The fourth-order valence-corrected chi connectivity index (χ4v) is 6.33. The van der Waals surface area contributed by atoms with E-state index in [2.05, 4.69) is 144 Å². The van der Waals surface area contributed by atoms with E-state index in [1.54, 1.807) is 0 Å². The van der Waals surface area contributed by atoms with Gasteiger partial charge in [-0.15, -0.1) is 0 Å². The van der Waals surface area contributed by atoms with Gasteiger partial charge in [0.25, 0.3) is 0 Å². The summed E-state index contributed by atoms with van der Waals surface area (Å²) in [6.45, 7) is 2.25. The summed E-state index contributed by atoms with van der Waals surface area (Å²) >= 11 is 2.48. The van der Waals surface area contributed by atoms with Crippen molar-refractivity contribution in [1.29, 1.82) is 0 Å². The second-order valence-corrected chi connectivity index (χ2v) is 10.3. The molecule has 1 N–H and O–H groups in total. The second kappa shape index (κ2) is 7.96. The van der Waals surface area contributed by atoms with Crippen molar-refractivity contribution in [3.63, 3.8) is 0 Å². The van der Waals surface area contributed by atoms with Crippen LogP contribution in [-0.2, 0) is 0 Å². The number of hydrogen-bond donors (Lipinski definition) is 1. The van der Waals surface area contributed by atoms with Gasteiger partial charge in [0, 0.05) is 25.3 Å². The molecule has 0 fully saturated rings. The van der Waals surface area contributed by atoms with Crippen molar-refractivity contribution in [3.05, 3.63) is 120 Å². The number of aromatic nitrogens is 1. The van der Waals surface area contributed by atoms with Crippen molar-refractivity contribution in [3.8, 4) is 0 Å². The Morgan fingerprint density at radius 1 is 0.571 bits per heavy atom. The van der Waals surface area contributed by atoms with E-state index in [0.717, 1.165) is 0 Å². The van der Waals surface area contributed by atoms with E-state index < -0.39 is 0 Å². The topological polar surface area (TPSA) is 15.8 Å². The average Bonchev–Trinajstić information content (AvgIpc) is 3.33. The highest BCUT2D eigenvalue weighted by molar-refractivity contribution is 14.1. The molecule has 0 radical (unpaired) electrons. The van der Waals surface area contributed by atoms with Gasteiger partial charge in [0.05, 0.1) is 11.0 Å². The molecule has 1 heterocycles. The number of aromatic amines is 1. The molecule has 0 atom stereocenters. The van der Waals surface area contributed by atoms with Crippen LogP contribution in [0.2, 0.25) is 0 Å². The Balaban J connectivity index is 1.74. The van der Waals surface area contributed by atoms with Gasteiger partial charge in [-0.1, -0.05) is 103 Å². The normalized spacial score (nSPS) is 12.5. The molecule has 2 heteroatoms. The molecule has 0 unspecified atom stereocenters. The quantitative estimate of drug-likeness (QED) is 0.123. The monoisotopic (exact) mass is 559 g/mol. The van der Waals surface area contributed by atoms with Crippen LogP contribution < -0.4 is 0 Å². The minimum absolute atomic E-state index is 1.21. The summed E-state index contributed by atoms with van der Waals surface area (Å²) in [7, 11) is 0. The highest BCUT2D eigenvalue weighted by Gasteiger charge is 2.19. The van der Waals surface area contributed by atoms with Crippen molar-refractivity contribution in [2.24, 2.45) is 0 Å². The first-order chi connectivity index (χ1) is 17.2. The summed E-state index contributed by atoms with van der Waals surface area (Å²) in [5, 5.41) is 10.4. The van der Waals surface area contributed by atoms with Crippen molar-refractivity contribution in [2.45, 2.75) is 6.92 Å². The van der Waals surface area contributed by atoms with Crippen LogP contribution in [0.15, 0.2) is 103 Å². The lowest BCUT2D eigenvalue weighted by molar-refractivity contribution is 1.48. The molecule has 0 aliphatic carbocycles. The molecule has 0 aliphatic rings. The molecule has 166 valence electrons. The van der Waals surface area contributed by atoms with Crippen LogP contribution in [0.3, 0.4) is 0 Å². The van der Waals surface area contributed by atoms with E-state index in [0.29, 0.717) is 0 Å². The van der Waals surface area contributed by atoms with Crippen molar-refractivity contribution >= 4 is 86.4 Å². The van der Waals surface area contributed by atoms with E-state index in [1.807, 2.05) is 0 Å². The number of fused-ring (bicyclic) bond motifs is 10. The number of benzene rings is 6. The molecule has 0 saturated carbocycles. The SMILES string of the molecule is Cc1c(/C=C(\I)c2ccccc2)c2[nH]c3c4ccccc4c4ccccc4c3c2c2ccccc12. The summed E-state index contributed by atoms with van der Waals surface area (Å²) in [5.74, 6) is 0. The zero-order valence-electron chi connectivity index (χ0n) is 19.3. The van der Waals surface area contributed by atoms with Gasteiger partial charge in [-0.25, -0.2) is 0 Å². The maximum absolute atomic E-state index is 3.92. The Kier molecular flexibility index (Phi) is 4.71. The van der Waals surface area contributed by atoms with Gasteiger partial charge < -0.3 is 4.98 Å². The van der Waals surface area contributed by atoms with Gasteiger partial charge in [0.15, 0.2) is 0 Å². The molecule has 1 nitrogen and oxygen atoms in total. The Labute approximate surface area is 217 Å². The summed E-state index contributed by atoms with van der Waals surface area (Å²) in [6.07, 6.45) is 2.35. The smallest absolute Gasteiger partial charge is 0.0551 e. The van der Waals surface area contributed by atoms with Crippen LogP contribution in [0.25, 0.3) is 63.8 Å². The Hall–Kier alpha value is -3.63. The zero-order chi connectivity index (χ0) is 23.5. The van der Waals surface area contributed by atoms with E-state index >= 15 is 0 Å². The molecule has 7 aromatic rings. The molecular weight excluding hydrogens is 537 g/mol. The van der Waals surface area contributed by atoms with E-state index in [9.17, 15) is 0 Å². The minimum Gasteiger partial charge on any atom is -0.353 e. The first-order valence-corrected chi connectivity index (χ1v) is 13.0. The number of halogens is 1. The molecule has 0 saturated heterocycles. The lowest BCUT2D eigenvalue weighted by Gasteiger charge is -2.11. The molecule has 6 aromatic carbocycles. The molecule has 7 rings (SSSR count). The second-order valence-electron chi connectivity index (χ2n) is 9.16. The Morgan fingerprint density at radius 2 is 1.06 bits per heavy atom. The Bertz CT molecular complexity index is 1960. The maximum Gasteiger partial charge on any atom is 0.0551 e. The van der Waals surface area contributed by atoms with Crippen LogP contribution in [0, 0.1) is 6.92 Å². The van der Waals surface area contributed by atoms with Crippen LogP contribution in [0.1, 0.15) is 16.7 Å². The summed E-state index contributed by atoms with van der Waals surface area (Å²) in [6, 6.07) is 37.1. The number of aryl methyl sites for hydroxylation is 1. The number of H-pyrrole nitrogens is 1.